The molecule has 0 saturated heterocycles. The van der Waals surface area contributed by atoms with E-state index >= 15 is 0 Å². The summed E-state index contributed by atoms with van der Waals surface area (Å²) in [5.74, 6) is 1.07. The van der Waals surface area contributed by atoms with Crippen molar-refractivity contribution < 1.29 is 9.53 Å². The highest BCUT2D eigenvalue weighted by Gasteiger charge is 2.29. The number of fused-ring (bicyclic) bond motifs is 1. The van der Waals surface area contributed by atoms with Gasteiger partial charge in [0, 0.05) is 19.6 Å². The lowest BCUT2D eigenvalue weighted by atomic mass is 9.87. The van der Waals surface area contributed by atoms with Gasteiger partial charge in [0.2, 0.25) is 0 Å². The molecule has 0 saturated carbocycles. The highest BCUT2D eigenvalue weighted by atomic mass is 16.5. The normalized spacial score (nSPS) is 16.7. The maximum absolute atomic E-state index is 12.5. The lowest BCUT2D eigenvalue weighted by Crippen LogP contribution is -2.38. The molecule has 1 aliphatic rings. The number of carbonyl (C=O) groups is 1. The first kappa shape index (κ1) is 24.0. The zero-order valence-electron chi connectivity index (χ0n) is 20.8. The monoisotopic (exact) mass is 456 g/mol. The second-order valence-corrected chi connectivity index (χ2v) is 9.78. The van der Waals surface area contributed by atoms with Gasteiger partial charge in [0.1, 0.15) is 5.75 Å². The molecule has 178 valence electrons. The van der Waals surface area contributed by atoms with Crippen molar-refractivity contribution in [3.05, 3.63) is 101 Å². The fourth-order valence-electron chi connectivity index (χ4n) is 4.67. The van der Waals surface area contributed by atoms with Crippen molar-refractivity contribution in [1.82, 2.24) is 10.2 Å². The highest BCUT2D eigenvalue weighted by molar-refractivity contribution is 5.80. The van der Waals surface area contributed by atoms with E-state index in [2.05, 4.69) is 97.7 Å². The number of ether oxygens (including phenoxy) is 1. The molecule has 4 heteroatoms. The van der Waals surface area contributed by atoms with E-state index in [9.17, 15) is 4.79 Å². The molecular weight excluding hydrogens is 420 g/mol. The van der Waals surface area contributed by atoms with Gasteiger partial charge in [0.15, 0.2) is 6.10 Å². The summed E-state index contributed by atoms with van der Waals surface area (Å²) >= 11 is 0. The third-order valence-electron chi connectivity index (χ3n) is 6.40. The minimum atomic E-state index is -0.543. The number of nitrogens with zero attached hydrogens (tertiary/aromatic N) is 1. The van der Waals surface area contributed by atoms with Gasteiger partial charge in [-0.25, -0.2) is 0 Å². The van der Waals surface area contributed by atoms with E-state index in [1.54, 1.807) is 0 Å². The Kier molecular flexibility index (Phi) is 7.69. The molecule has 0 fully saturated rings. The summed E-state index contributed by atoms with van der Waals surface area (Å²) in [6.07, 6.45) is 0.453. The van der Waals surface area contributed by atoms with Crippen LogP contribution in [0, 0.1) is 12.8 Å². The Labute approximate surface area is 204 Å². The van der Waals surface area contributed by atoms with Crippen LogP contribution < -0.4 is 10.1 Å². The molecule has 1 heterocycles. The van der Waals surface area contributed by atoms with E-state index in [4.69, 9.17) is 4.74 Å². The van der Waals surface area contributed by atoms with Gasteiger partial charge < -0.3 is 10.1 Å². The predicted molar refractivity (Wildman–Crippen MR) is 138 cm³/mol. The summed E-state index contributed by atoms with van der Waals surface area (Å²) in [6.45, 7) is 10.7. The first-order chi connectivity index (χ1) is 16.4. The summed E-state index contributed by atoms with van der Waals surface area (Å²) in [4.78, 5) is 15.0. The smallest absolute Gasteiger partial charge is 0.260 e. The van der Waals surface area contributed by atoms with Crippen LogP contribution in [0.2, 0.25) is 0 Å². The Morgan fingerprint density at radius 1 is 1.03 bits per heavy atom. The number of nitrogens with one attached hydrogen (secondary N) is 1. The molecule has 34 heavy (non-hydrogen) atoms. The van der Waals surface area contributed by atoms with Crippen LogP contribution in [0.25, 0.3) is 0 Å². The molecule has 1 aliphatic heterocycles. The average molecular weight is 457 g/mol. The molecule has 1 N–H and O–H groups in total. The second kappa shape index (κ2) is 10.9. The number of rotatable bonds is 8. The zero-order chi connectivity index (χ0) is 24.1. The Bertz CT molecular complexity index is 1110. The van der Waals surface area contributed by atoms with Crippen LogP contribution in [0.4, 0.5) is 0 Å². The zero-order valence-corrected chi connectivity index (χ0v) is 20.8. The second-order valence-electron chi connectivity index (χ2n) is 9.78. The molecule has 1 amide bonds. The third kappa shape index (κ3) is 5.87. The van der Waals surface area contributed by atoms with Crippen LogP contribution in [0.3, 0.4) is 0 Å². The van der Waals surface area contributed by atoms with Gasteiger partial charge in [-0.1, -0.05) is 80.1 Å². The number of benzene rings is 3. The summed E-state index contributed by atoms with van der Waals surface area (Å²) < 4.78 is 6.10. The fraction of sp³-hybridized carbons (Fsp3) is 0.367. The molecule has 4 rings (SSSR count). The van der Waals surface area contributed by atoms with Crippen LogP contribution in [0.1, 0.15) is 54.6 Å². The number of aryl methyl sites for hydroxylation is 1. The first-order valence-corrected chi connectivity index (χ1v) is 12.3. The van der Waals surface area contributed by atoms with Gasteiger partial charge in [0.05, 0.1) is 6.04 Å². The molecule has 0 bridgehead atoms. The van der Waals surface area contributed by atoms with Crippen molar-refractivity contribution in [2.45, 2.75) is 52.8 Å². The Morgan fingerprint density at radius 3 is 2.56 bits per heavy atom. The van der Waals surface area contributed by atoms with E-state index in [-0.39, 0.29) is 11.9 Å². The SMILES string of the molecule is Cc1cccc(CN2CCc3ccc(O[C@H](C)C(=O)NCC(C)C)cc3[C@@H]2c2ccccc2)c1. The quantitative estimate of drug-likeness (QED) is 0.474. The molecule has 0 aliphatic carbocycles. The van der Waals surface area contributed by atoms with Gasteiger partial charge in [-0.3, -0.25) is 9.69 Å². The van der Waals surface area contributed by atoms with Gasteiger partial charge in [-0.2, -0.15) is 0 Å². The van der Waals surface area contributed by atoms with E-state index in [0.29, 0.717) is 12.5 Å². The molecule has 0 spiro atoms. The molecule has 3 aromatic rings. The minimum absolute atomic E-state index is 0.0768. The number of hydrogen-bond acceptors (Lipinski definition) is 3. The van der Waals surface area contributed by atoms with Gasteiger partial charge in [0.25, 0.3) is 5.91 Å². The number of hydrogen-bond donors (Lipinski definition) is 1. The maximum Gasteiger partial charge on any atom is 0.260 e. The van der Waals surface area contributed by atoms with Crippen LogP contribution in [-0.4, -0.2) is 30.0 Å². The van der Waals surface area contributed by atoms with Gasteiger partial charge in [-0.15, -0.1) is 0 Å². The Morgan fingerprint density at radius 2 is 1.82 bits per heavy atom. The number of amides is 1. The summed E-state index contributed by atoms with van der Waals surface area (Å²) in [5.41, 5.74) is 6.49. The number of carbonyl (C=O) groups excluding carboxylic acids is 1. The molecule has 0 unspecified atom stereocenters. The van der Waals surface area contributed by atoms with E-state index < -0.39 is 6.10 Å². The summed E-state index contributed by atoms with van der Waals surface area (Å²) in [6, 6.07) is 25.9. The first-order valence-electron chi connectivity index (χ1n) is 12.3. The third-order valence-corrected chi connectivity index (χ3v) is 6.40. The molecule has 2 atom stereocenters. The van der Waals surface area contributed by atoms with Crippen molar-refractivity contribution in [3.8, 4) is 5.75 Å². The van der Waals surface area contributed by atoms with E-state index in [1.807, 2.05) is 13.0 Å². The van der Waals surface area contributed by atoms with Gasteiger partial charge >= 0.3 is 0 Å². The molecule has 0 aromatic heterocycles. The van der Waals surface area contributed by atoms with Crippen molar-refractivity contribution in [2.24, 2.45) is 5.92 Å². The van der Waals surface area contributed by atoms with Crippen LogP contribution in [0.15, 0.2) is 72.8 Å². The van der Waals surface area contributed by atoms with Crippen LogP contribution in [0.5, 0.6) is 5.75 Å². The maximum atomic E-state index is 12.5. The average Bonchev–Trinajstić information content (AvgIpc) is 2.83. The van der Waals surface area contributed by atoms with Crippen molar-refractivity contribution >= 4 is 5.91 Å². The summed E-state index contributed by atoms with van der Waals surface area (Å²) in [5, 5.41) is 2.97. The molecule has 0 radical (unpaired) electrons. The molecular formula is C30H36N2O2. The lowest BCUT2D eigenvalue weighted by molar-refractivity contribution is -0.127. The molecule has 3 aromatic carbocycles. The predicted octanol–water partition coefficient (Wildman–Crippen LogP) is 5.68. The Hall–Kier alpha value is -3.11. The standard InChI is InChI=1S/C30H36N2O2/c1-21(2)19-31-30(33)23(4)34-27-14-13-25-15-16-32(20-24-10-8-9-22(3)17-24)29(28(25)18-27)26-11-6-5-7-12-26/h5-14,17-18,21,23,29H,15-16,19-20H2,1-4H3,(H,31,33)/t23-,29+/m1/s1. The topological polar surface area (TPSA) is 41.6 Å². The van der Waals surface area contributed by atoms with Crippen LogP contribution >= 0.6 is 0 Å². The van der Waals surface area contributed by atoms with Crippen molar-refractivity contribution in [3.63, 3.8) is 0 Å². The summed E-state index contributed by atoms with van der Waals surface area (Å²) in [7, 11) is 0. The highest BCUT2D eigenvalue weighted by Crippen LogP contribution is 2.38. The van der Waals surface area contributed by atoms with Gasteiger partial charge in [-0.05, 0) is 60.6 Å². The minimum Gasteiger partial charge on any atom is -0.481 e. The van der Waals surface area contributed by atoms with Crippen LogP contribution in [-0.2, 0) is 17.8 Å². The largest absolute Gasteiger partial charge is 0.481 e. The van der Waals surface area contributed by atoms with E-state index in [1.165, 1.54) is 27.8 Å². The molecule has 4 nitrogen and oxygen atoms in total. The fourth-order valence-corrected chi connectivity index (χ4v) is 4.67. The lowest BCUT2D eigenvalue weighted by Gasteiger charge is -2.38. The van der Waals surface area contributed by atoms with Crippen molar-refractivity contribution in [2.75, 3.05) is 13.1 Å². The Balaban J connectivity index is 1.61. The van der Waals surface area contributed by atoms with Crippen molar-refractivity contribution in [1.29, 1.82) is 0 Å². The van der Waals surface area contributed by atoms with E-state index in [0.717, 1.165) is 25.3 Å².